The molecule has 0 bridgehead atoms. The van der Waals surface area contributed by atoms with Crippen molar-refractivity contribution < 1.29 is 22.7 Å². The summed E-state index contributed by atoms with van der Waals surface area (Å²) < 4.78 is 37.5. The number of nitrogens with one attached hydrogen (secondary N) is 1. The molecule has 164 valence electrons. The Bertz CT molecular complexity index is 1040. The Morgan fingerprint density at radius 2 is 1.94 bits per heavy atom. The van der Waals surface area contributed by atoms with Gasteiger partial charge in [0.1, 0.15) is 12.3 Å². The van der Waals surface area contributed by atoms with E-state index >= 15 is 0 Å². The molecule has 2 aromatic rings. The van der Waals surface area contributed by atoms with Gasteiger partial charge >= 0.3 is 0 Å². The SMILES string of the molecule is COCCOc1ncccc1NC(=O)C1CCN(S(=O)(=O)c2ccc(C#N)cc2)CC1. The Balaban J connectivity index is 1.59. The molecular formula is C21H24N4O5S. The summed E-state index contributed by atoms with van der Waals surface area (Å²) >= 11 is 0. The molecule has 1 N–H and O–H groups in total. The predicted octanol–water partition coefficient (Wildman–Crippen LogP) is 2.02. The Morgan fingerprint density at radius 1 is 1.23 bits per heavy atom. The van der Waals surface area contributed by atoms with E-state index in [-0.39, 0.29) is 29.8 Å². The van der Waals surface area contributed by atoms with Crippen LogP contribution in [-0.4, -0.2) is 57.0 Å². The summed E-state index contributed by atoms with van der Waals surface area (Å²) in [6, 6.07) is 11.2. The van der Waals surface area contributed by atoms with Gasteiger partial charge in [-0.3, -0.25) is 4.79 Å². The quantitative estimate of drug-likeness (QED) is 0.618. The topological polar surface area (TPSA) is 122 Å². The normalized spacial score (nSPS) is 15.2. The molecule has 1 aliphatic rings. The highest BCUT2D eigenvalue weighted by Crippen LogP contribution is 2.27. The first kappa shape index (κ1) is 22.7. The minimum absolute atomic E-state index is 0.141. The van der Waals surface area contributed by atoms with E-state index in [1.54, 1.807) is 25.4 Å². The zero-order valence-corrected chi connectivity index (χ0v) is 18.0. The van der Waals surface area contributed by atoms with E-state index in [0.717, 1.165) is 0 Å². The number of anilines is 1. The molecule has 2 heterocycles. The number of methoxy groups -OCH3 is 1. The lowest BCUT2D eigenvalue weighted by Crippen LogP contribution is -2.41. The van der Waals surface area contributed by atoms with Gasteiger partial charge in [-0.05, 0) is 49.2 Å². The highest BCUT2D eigenvalue weighted by molar-refractivity contribution is 7.89. The number of amides is 1. The van der Waals surface area contributed by atoms with E-state index in [1.165, 1.54) is 28.6 Å². The van der Waals surface area contributed by atoms with Crippen LogP contribution in [0.1, 0.15) is 18.4 Å². The van der Waals surface area contributed by atoms with Crippen LogP contribution < -0.4 is 10.1 Å². The van der Waals surface area contributed by atoms with E-state index in [4.69, 9.17) is 14.7 Å². The van der Waals surface area contributed by atoms with Crippen LogP contribution in [0.3, 0.4) is 0 Å². The van der Waals surface area contributed by atoms with Gasteiger partial charge in [0.05, 0.1) is 23.1 Å². The number of hydrogen-bond donors (Lipinski definition) is 1. The third-order valence-electron chi connectivity index (χ3n) is 5.00. The number of pyridine rings is 1. The lowest BCUT2D eigenvalue weighted by Gasteiger charge is -2.30. The molecule has 1 fully saturated rings. The molecule has 1 aromatic carbocycles. The fraction of sp³-hybridized carbons (Fsp3) is 0.381. The summed E-state index contributed by atoms with van der Waals surface area (Å²) in [6.07, 6.45) is 2.38. The number of rotatable bonds is 8. The maximum atomic E-state index is 12.8. The van der Waals surface area contributed by atoms with Crippen molar-refractivity contribution in [2.24, 2.45) is 5.92 Å². The van der Waals surface area contributed by atoms with Crippen molar-refractivity contribution in [2.75, 3.05) is 38.7 Å². The van der Waals surface area contributed by atoms with Crippen LogP contribution in [-0.2, 0) is 19.6 Å². The number of ether oxygens (including phenoxy) is 2. The Kier molecular flexibility index (Phi) is 7.57. The molecule has 10 heteroatoms. The van der Waals surface area contributed by atoms with Crippen molar-refractivity contribution in [3.8, 4) is 11.9 Å². The van der Waals surface area contributed by atoms with Crippen LogP contribution in [0.5, 0.6) is 5.88 Å². The average molecular weight is 445 g/mol. The van der Waals surface area contributed by atoms with E-state index in [1.807, 2.05) is 6.07 Å². The Hall–Kier alpha value is -3.00. The van der Waals surface area contributed by atoms with Crippen molar-refractivity contribution in [3.63, 3.8) is 0 Å². The molecule has 0 saturated carbocycles. The zero-order chi connectivity index (χ0) is 22.3. The van der Waals surface area contributed by atoms with Gasteiger partial charge in [-0.15, -0.1) is 0 Å². The predicted molar refractivity (Wildman–Crippen MR) is 113 cm³/mol. The smallest absolute Gasteiger partial charge is 0.243 e. The van der Waals surface area contributed by atoms with Gasteiger partial charge in [0.15, 0.2) is 0 Å². The first-order valence-corrected chi connectivity index (χ1v) is 11.3. The van der Waals surface area contributed by atoms with Gasteiger partial charge in [0.25, 0.3) is 0 Å². The molecule has 9 nitrogen and oxygen atoms in total. The molecule has 1 aromatic heterocycles. The van der Waals surface area contributed by atoms with Crippen molar-refractivity contribution in [2.45, 2.75) is 17.7 Å². The molecule has 1 saturated heterocycles. The second-order valence-electron chi connectivity index (χ2n) is 7.00. The first-order valence-electron chi connectivity index (χ1n) is 9.83. The van der Waals surface area contributed by atoms with Crippen molar-refractivity contribution >= 4 is 21.6 Å². The number of carbonyl (C=O) groups excluding carboxylic acids is 1. The number of benzene rings is 1. The monoisotopic (exact) mass is 444 g/mol. The zero-order valence-electron chi connectivity index (χ0n) is 17.2. The third-order valence-corrected chi connectivity index (χ3v) is 6.91. The third kappa shape index (κ3) is 5.58. The minimum atomic E-state index is -3.66. The molecule has 1 aliphatic heterocycles. The summed E-state index contributed by atoms with van der Waals surface area (Å²) in [4.78, 5) is 17.0. The van der Waals surface area contributed by atoms with Crippen LogP contribution >= 0.6 is 0 Å². The molecule has 0 spiro atoms. The van der Waals surface area contributed by atoms with Gasteiger partial charge in [0.2, 0.25) is 21.8 Å². The highest BCUT2D eigenvalue weighted by atomic mass is 32.2. The number of piperidine rings is 1. The lowest BCUT2D eigenvalue weighted by atomic mass is 9.97. The van der Waals surface area contributed by atoms with Crippen LogP contribution in [0.4, 0.5) is 5.69 Å². The number of sulfonamides is 1. The van der Waals surface area contributed by atoms with Crippen LogP contribution in [0.15, 0.2) is 47.5 Å². The summed E-state index contributed by atoms with van der Waals surface area (Å²) in [7, 11) is -2.10. The molecule has 0 aliphatic carbocycles. The molecule has 1 amide bonds. The molecule has 0 radical (unpaired) electrons. The summed E-state index contributed by atoms with van der Waals surface area (Å²) in [5, 5.41) is 11.7. The van der Waals surface area contributed by atoms with Crippen molar-refractivity contribution in [1.82, 2.24) is 9.29 Å². The van der Waals surface area contributed by atoms with Crippen molar-refractivity contribution in [1.29, 1.82) is 5.26 Å². The van der Waals surface area contributed by atoms with Gasteiger partial charge in [0, 0.05) is 32.3 Å². The van der Waals surface area contributed by atoms with Gasteiger partial charge in [-0.1, -0.05) is 0 Å². The fourth-order valence-corrected chi connectivity index (χ4v) is 4.74. The van der Waals surface area contributed by atoms with E-state index in [2.05, 4.69) is 10.3 Å². The van der Waals surface area contributed by atoms with Crippen molar-refractivity contribution in [3.05, 3.63) is 48.2 Å². The average Bonchev–Trinajstić information content (AvgIpc) is 2.80. The van der Waals surface area contributed by atoms with E-state index in [9.17, 15) is 13.2 Å². The van der Waals surface area contributed by atoms with Gasteiger partial charge in [-0.2, -0.15) is 9.57 Å². The Labute approximate surface area is 181 Å². The van der Waals surface area contributed by atoms with Gasteiger partial charge in [-0.25, -0.2) is 13.4 Å². The largest absolute Gasteiger partial charge is 0.474 e. The molecule has 3 rings (SSSR count). The minimum Gasteiger partial charge on any atom is -0.474 e. The van der Waals surface area contributed by atoms with Crippen LogP contribution in [0, 0.1) is 17.2 Å². The standard InChI is InChI=1S/C21H24N4O5S/c1-29-13-14-30-21-19(3-2-10-23-21)24-20(26)17-8-11-25(12-9-17)31(27,28)18-6-4-16(15-22)5-7-18/h2-7,10,17H,8-9,11-14H2,1H3,(H,24,26). The number of aromatic nitrogens is 1. The highest BCUT2D eigenvalue weighted by Gasteiger charge is 2.32. The second kappa shape index (κ2) is 10.3. The van der Waals surface area contributed by atoms with E-state index in [0.29, 0.717) is 43.2 Å². The maximum Gasteiger partial charge on any atom is 0.243 e. The number of nitrogens with zero attached hydrogens (tertiary/aromatic N) is 3. The molecular weight excluding hydrogens is 420 g/mol. The molecule has 0 unspecified atom stereocenters. The summed E-state index contributed by atoms with van der Waals surface area (Å²) in [5.41, 5.74) is 0.867. The maximum absolute atomic E-state index is 12.8. The van der Waals surface area contributed by atoms with E-state index < -0.39 is 10.0 Å². The van der Waals surface area contributed by atoms with Crippen LogP contribution in [0.2, 0.25) is 0 Å². The van der Waals surface area contributed by atoms with Gasteiger partial charge < -0.3 is 14.8 Å². The lowest BCUT2D eigenvalue weighted by molar-refractivity contribution is -0.120. The first-order chi connectivity index (χ1) is 15.0. The number of carbonyl (C=O) groups is 1. The Morgan fingerprint density at radius 3 is 2.58 bits per heavy atom. The second-order valence-corrected chi connectivity index (χ2v) is 8.94. The number of nitriles is 1. The van der Waals surface area contributed by atoms with Crippen LogP contribution in [0.25, 0.3) is 0 Å². The molecule has 0 atom stereocenters. The summed E-state index contributed by atoms with van der Waals surface area (Å²) in [5.74, 6) is -0.201. The summed E-state index contributed by atoms with van der Waals surface area (Å²) in [6.45, 7) is 1.19. The molecule has 31 heavy (non-hydrogen) atoms. The fourth-order valence-electron chi connectivity index (χ4n) is 3.27. The number of hydrogen-bond acceptors (Lipinski definition) is 7.